The third-order valence-electron chi connectivity index (χ3n) is 13.5. The van der Waals surface area contributed by atoms with Gasteiger partial charge in [0.15, 0.2) is 57.6 Å². The monoisotopic (exact) mass is 836 g/mol. The van der Waals surface area contributed by atoms with E-state index in [1.807, 2.05) is 0 Å². The van der Waals surface area contributed by atoms with Crippen LogP contribution in [0.3, 0.4) is 0 Å². The molecule has 0 aromatic rings. The quantitative estimate of drug-likeness (QED) is 0.142. The number of aliphatic hydroxyl groups is 1. The van der Waals surface area contributed by atoms with E-state index in [1.165, 1.54) is 0 Å². The van der Waals surface area contributed by atoms with Crippen molar-refractivity contribution in [2.45, 2.75) is 230 Å². The minimum Gasteiger partial charge on any atom is -0.455 e. The molecule has 11 nitrogen and oxygen atoms in total. The molecule has 3 aliphatic rings. The van der Waals surface area contributed by atoms with Gasteiger partial charge >= 0.3 is 5.97 Å². The largest absolute Gasteiger partial charge is 0.455 e. The van der Waals surface area contributed by atoms with Gasteiger partial charge in [0.2, 0.25) is 0 Å². The highest BCUT2D eigenvalue weighted by atomic mass is 28.4. The van der Waals surface area contributed by atoms with E-state index in [2.05, 4.69) is 135 Å². The van der Waals surface area contributed by atoms with E-state index in [0.29, 0.717) is 6.61 Å². The van der Waals surface area contributed by atoms with Gasteiger partial charge in [-0.2, -0.15) is 0 Å². The average molecular weight is 837 g/mol. The molecule has 0 aromatic carbocycles. The van der Waals surface area contributed by atoms with Crippen LogP contribution in [0.15, 0.2) is 0 Å². The Hall–Kier alpha value is -0.0225. The first kappa shape index (κ1) is 48.3. The van der Waals surface area contributed by atoms with Gasteiger partial charge in [0.1, 0.15) is 30.5 Å². The minimum atomic E-state index is -2.53. The predicted molar refractivity (Wildman–Crippen MR) is 224 cm³/mol. The Morgan fingerprint density at radius 2 is 1.20 bits per heavy atom. The molecule has 3 saturated heterocycles. The molecule has 3 rings (SSSR count). The van der Waals surface area contributed by atoms with Gasteiger partial charge in [0, 0.05) is 0 Å². The fraction of sp³-hybridized carbons (Fsp3) is 0.974. The Balaban J connectivity index is 2.19. The third kappa shape index (κ3) is 10.8. The Morgan fingerprint density at radius 1 is 0.741 bits per heavy atom. The number of carbonyl (C=O) groups is 1. The lowest BCUT2D eigenvalue weighted by molar-refractivity contribution is -0.211. The molecule has 0 unspecified atom stereocenters. The normalized spacial score (nSPS) is 31.3. The highest BCUT2D eigenvalue weighted by Gasteiger charge is 2.60. The van der Waals surface area contributed by atoms with Crippen LogP contribution in [0.1, 0.15) is 96.9 Å². The van der Waals surface area contributed by atoms with Crippen molar-refractivity contribution >= 4 is 39.2 Å². The number of hydrogen-bond donors (Lipinski definition) is 1. The van der Waals surface area contributed by atoms with Crippen LogP contribution in [0.5, 0.6) is 0 Å². The number of aliphatic hydroxyl groups excluding tert-OH is 1. The summed E-state index contributed by atoms with van der Waals surface area (Å²) in [6.07, 6.45) is -7.93. The molecule has 0 saturated carbocycles. The smallest absolute Gasteiger partial charge is 0.338 e. The summed E-state index contributed by atoms with van der Waals surface area (Å²) in [4.78, 5) is 13.6. The van der Waals surface area contributed by atoms with Crippen LogP contribution >= 0.6 is 0 Å². The molecule has 1 N–H and O–H groups in total. The van der Waals surface area contributed by atoms with E-state index in [0.717, 1.165) is 0 Å². The maximum Gasteiger partial charge on any atom is 0.338 e. The predicted octanol–water partition coefficient (Wildman–Crippen LogP) is 8.73. The van der Waals surface area contributed by atoms with Gasteiger partial charge in [-0.3, -0.25) is 0 Å². The molecule has 0 spiro atoms. The Labute approximate surface area is 333 Å². The molecule has 0 aliphatic carbocycles. The summed E-state index contributed by atoms with van der Waals surface area (Å²) < 4.78 is 60.1. The van der Waals surface area contributed by atoms with Crippen molar-refractivity contribution in [2.75, 3.05) is 13.2 Å². The molecular weight excluding hydrogens is 757 g/mol. The highest BCUT2D eigenvalue weighted by molar-refractivity contribution is 6.75. The fourth-order valence-electron chi connectivity index (χ4n) is 5.65. The molecule has 0 radical (unpaired) electrons. The van der Waals surface area contributed by atoms with Crippen LogP contribution in [0.25, 0.3) is 0 Å². The number of rotatable bonds is 13. The van der Waals surface area contributed by atoms with Gasteiger partial charge in [0.25, 0.3) is 0 Å². The van der Waals surface area contributed by atoms with Crippen molar-refractivity contribution in [3.8, 4) is 0 Å². The molecule has 318 valence electrons. The van der Waals surface area contributed by atoms with Crippen LogP contribution < -0.4 is 0 Å². The summed E-state index contributed by atoms with van der Waals surface area (Å²) in [5, 5.41) is 11.2. The van der Waals surface area contributed by atoms with Crippen molar-refractivity contribution in [3.63, 3.8) is 0 Å². The number of cyclic esters (lactones) is 1. The summed E-state index contributed by atoms with van der Waals surface area (Å²) in [6.45, 7) is 48.5. The zero-order chi connectivity index (χ0) is 42.1. The minimum absolute atomic E-state index is 0.0273. The first-order valence-corrected chi connectivity index (χ1v) is 31.7. The second kappa shape index (κ2) is 15.9. The van der Waals surface area contributed by atoms with Crippen molar-refractivity contribution in [1.82, 2.24) is 0 Å². The van der Waals surface area contributed by atoms with Crippen molar-refractivity contribution in [1.29, 1.82) is 0 Å². The standard InChI is InChI=1S/C39H80O11Si4/c1-35(2,3)51(15,16)43-24-26(48-52(17,18)36(4,5)6)29-31(49-53(19,20)37(7,8)9)32(50-54(21,22)38(10,11)12)34(45-29)46-30-27(40)28(44-33(30)41)25-23-42-39(13,14)47-25/h25-32,34,40H,23-24H2,1-22H3/t25-,26-,27+,28+,29+,30-,31+,32-,34+/m1/s1. The number of carbonyl (C=O) groups excluding carboxylic acids is 1. The van der Waals surface area contributed by atoms with Crippen molar-refractivity contribution in [3.05, 3.63) is 0 Å². The van der Waals surface area contributed by atoms with Gasteiger partial charge in [-0.25, -0.2) is 4.79 Å². The Kier molecular flexibility index (Phi) is 14.2. The molecule has 0 bridgehead atoms. The lowest BCUT2D eigenvalue weighted by Gasteiger charge is -2.46. The fourth-order valence-corrected chi connectivity index (χ4v) is 10.6. The highest BCUT2D eigenvalue weighted by Crippen LogP contribution is 2.47. The maximum atomic E-state index is 13.6. The molecule has 3 heterocycles. The van der Waals surface area contributed by atoms with E-state index < -0.39 is 100 Å². The van der Waals surface area contributed by atoms with E-state index in [9.17, 15) is 9.90 Å². The molecule has 0 aromatic heterocycles. The van der Waals surface area contributed by atoms with E-state index in [1.54, 1.807) is 13.8 Å². The van der Waals surface area contributed by atoms with Crippen LogP contribution in [0.4, 0.5) is 0 Å². The lowest BCUT2D eigenvalue weighted by atomic mass is 10.1. The molecule has 3 aliphatic heterocycles. The summed E-state index contributed by atoms with van der Waals surface area (Å²) >= 11 is 0. The molecule has 0 amide bonds. The van der Waals surface area contributed by atoms with Gasteiger partial charge in [-0.05, 0) is 86.4 Å². The average Bonchev–Trinajstić information content (AvgIpc) is 3.56. The maximum absolute atomic E-state index is 13.6. The van der Waals surface area contributed by atoms with Gasteiger partial charge in [-0.1, -0.05) is 83.1 Å². The van der Waals surface area contributed by atoms with Crippen molar-refractivity contribution in [2.24, 2.45) is 0 Å². The zero-order valence-corrected chi connectivity index (χ0v) is 42.1. The van der Waals surface area contributed by atoms with Gasteiger partial charge in [0.05, 0.1) is 19.3 Å². The molecule has 3 fully saturated rings. The zero-order valence-electron chi connectivity index (χ0n) is 38.1. The first-order valence-electron chi connectivity index (χ1n) is 20.0. The van der Waals surface area contributed by atoms with Crippen LogP contribution in [0.2, 0.25) is 72.5 Å². The Bertz CT molecular complexity index is 1290. The number of esters is 1. The van der Waals surface area contributed by atoms with E-state index in [-0.39, 0.29) is 26.8 Å². The first-order chi connectivity index (χ1) is 23.8. The van der Waals surface area contributed by atoms with Gasteiger partial charge < -0.3 is 46.5 Å². The number of ether oxygens (including phenoxy) is 5. The second-order valence-corrected chi connectivity index (χ2v) is 41.5. The topological polar surface area (TPSA) is 120 Å². The third-order valence-corrected chi connectivity index (χ3v) is 31.5. The molecule has 9 atom stereocenters. The summed E-state index contributed by atoms with van der Waals surface area (Å²) in [7, 11) is -9.68. The van der Waals surface area contributed by atoms with Crippen LogP contribution in [-0.2, 0) is 46.2 Å². The van der Waals surface area contributed by atoms with Crippen LogP contribution in [0, 0.1) is 0 Å². The molecular formula is C39H80O11Si4. The Morgan fingerprint density at radius 3 is 1.63 bits per heavy atom. The van der Waals surface area contributed by atoms with E-state index >= 15 is 0 Å². The van der Waals surface area contributed by atoms with Crippen LogP contribution in [-0.4, -0.2) is 118 Å². The summed E-state index contributed by atoms with van der Waals surface area (Å²) in [5.41, 5.74) is 0. The number of hydrogen-bond acceptors (Lipinski definition) is 11. The van der Waals surface area contributed by atoms with Gasteiger partial charge in [-0.15, -0.1) is 0 Å². The molecule has 15 heteroatoms. The second-order valence-electron chi connectivity index (χ2n) is 22.5. The summed E-state index contributed by atoms with van der Waals surface area (Å²) in [5.74, 6) is -1.55. The summed E-state index contributed by atoms with van der Waals surface area (Å²) in [6, 6.07) is 0. The molecule has 54 heavy (non-hydrogen) atoms. The van der Waals surface area contributed by atoms with Crippen molar-refractivity contribution < 1.29 is 51.3 Å². The SMILES string of the molecule is CC1(C)OC[C@H]([C@@H]2OC(=O)[C@H](O[C@@H]3O[C@@H]([C@@H](CO[Si](C)(C)C(C)(C)C)O[Si](C)(C)C(C)(C)C)[C@H](O[Si](C)(C)C(C)(C)C)[C@H]3O[Si](C)(C)C(C)(C)C)[C@H]2O)O1. The van der Waals surface area contributed by atoms with E-state index in [4.69, 9.17) is 41.4 Å². The lowest BCUT2D eigenvalue weighted by Crippen LogP contribution is -2.58.